The molecule has 5 heteroatoms. The second kappa shape index (κ2) is 6.61. The molecule has 0 aliphatic heterocycles. The van der Waals surface area contributed by atoms with Gasteiger partial charge >= 0.3 is 5.97 Å². The molecule has 0 spiro atoms. The smallest absolute Gasteiger partial charge is 0.307 e. The summed E-state index contributed by atoms with van der Waals surface area (Å²) in [5.74, 6) is -1.01. The summed E-state index contributed by atoms with van der Waals surface area (Å²) < 4.78 is 10.3. The molecule has 1 aliphatic carbocycles. The van der Waals surface area contributed by atoms with Crippen LogP contribution in [0.25, 0.3) is 0 Å². The molecule has 5 nitrogen and oxygen atoms in total. The number of rotatable bonds is 5. The van der Waals surface area contributed by atoms with E-state index in [4.69, 9.17) is 9.47 Å². The highest BCUT2D eigenvalue weighted by molar-refractivity contribution is 6.00. The Morgan fingerprint density at radius 2 is 1.67 bits per heavy atom. The lowest BCUT2D eigenvalue weighted by Gasteiger charge is -2.27. The molecule has 1 saturated carbocycles. The van der Waals surface area contributed by atoms with E-state index in [9.17, 15) is 14.7 Å². The second-order valence-electron chi connectivity index (χ2n) is 5.27. The Morgan fingerprint density at radius 1 is 1.05 bits per heavy atom. The molecular weight excluding hydrogens is 272 g/mol. The normalized spacial score (nSPS) is 21.6. The highest BCUT2D eigenvalue weighted by Crippen LogP contribution is 2.35. The van der Waals surface area contributed by atoms with E-state index >= 15 is 0 Å². The monoisotopic (exact) mass is 292 g/mol. The number of ketones is 1. The molecule has 1 N–H and O–H groups in total. The summed E-state index contributed by atoms with van der Waals surface area (Å²) >= 11 is 0. The topological polar surface area (TPSA) is 72.8 Å². The molecule has 1 fully saturated rings. The third-order valence-electron chi connectivity index (χ3n) is 4.09. The number of benzene rings is 1. The van der Waals surface area contributed by atoms with Gasteiger partial charge in [0.25, 0.3) is 0 Å². The van der Waals surface area contributed by atoms with Crippen molar-refractivity contribution in [3.05, 3.63) is 23.8 Å². The molecule has 1 aromatic carbocycles. The summed E-state index contributed by atoms with van der Waals surface area (Å²) in [7, 11) is 3.04. The lowest BCUT2D eigenvalue weighted by atomic mass is 9.75. The summed E-state index contributed by atoms with van der Waals surface area (Å²) in [5, 5.41) is 9.29. The Morgan fingerprint density at radius 3 is 2.24 bits per heavy atom. The number of carboxylic acid groups (broad SMARTS) is 1. The third kappa shape index (κ3) is 3.17. The Kier molecular flexibility index (Phi) is 4.83. The zero-order valence-electron chi connectivity index (χ0n) is 12.3. The SMILES string of the molecule is COc1ccc(C(=O)[C@H]2CCCC[C@H]2C(=O)O)cc1OC. The Balaban J connectivity index is 2.28. The van der Waals surface area contributed by atoms with E-state index in [1.807, 2.05) is 0 Å². The molecule has 0 aromatic heterocycles. The van der Waals surface area contributed by atoms with Gasteiger partial charge in [-0.25, -0.2) is 0 Å². The molecule has 0 amide bonds. The largest absolute Gasteiger partial charge is 0.493 e. The van der Waals surface area contributed by atoms with Gasteiger partial charge < -0.3 is 14.6 Å². The van der Waals surface area contributed by atoms with Crippen LogP contribution in [0.3, 0.4) is 0 Å². The van der Waals surface area contributed by atoms with Gasteiger partial charge in [-0.3, -0.25) is 9.59 Å². The quantitative estimate of drug-likeness (QED) is 0.845. The molecule has 0 unspecified atom stereocenters. The van der Waals surface area contributed by atoms with Crippen LogP contribution >= 0.6 is 0 Å². The maximum atomic E-state index is 12.6. The minimum absolute atomic E-state index is 0.122. The van der Waals surface area contributed by atoms with Crippen molar-refractivity contribution in [3.63, 3.8) is 0 Å². The number of ether oxygens (including phenoxy) is 2. The first-order valence-corrected chi connectivity index (χ1v) is 7.07. The van der Waals surface area contributed by atoms with Crippen LogP contribution < -0.4 is 9.47 Å². The van der Waals surface area contributed by atoms with Crippen LogP contribution in [0.2, 0.25) is 0 Å². The summed E-state index contributed by atoms with van der Waals surface area (Å²) in [4.78, 5) is 23.9. The zero-order valence-corrected chi connectivity index (χ0v) is 12.3. The number of aliphatic carboxylic acids is 1. The van der Waals surface area contributed by atoms with Crippen molar-refractivity contribution < 1.29 is 24.2 Å². The minimum atomic E-state index is -0.881. The lowest BCUT2D eigenvalue weighted by molar-refractivity contribution is -0.144. The van der Waals surface area contributed by atoms with Crippen molar-refractivity contribution in [2.24, 2.45) is 11.8 Å². The first-order chi connectivity index (χ1) is 10.1. The van der Waals surface area contributed by atoms with Crippen molar-refractivity contribution >= 4 is 11.8 Å². The first-order valence-electron chi connectivity index (χ1n) is 7.07. The Hall–Kier alpha value is -2.04. The lowest BCUT2D eigenvalue weighted by Crippen LogP contribution is -2.32. The van der Waals surface area contributed by atoms with E-state index in [0.717, 1.165) is 12.8 Å². The van der Waals surface area contributed by atoms with Crippen molar-refractivity contribution in [2.75, 3.05) is 14.2 Å². The molecule has 1 aliphatic rings. The molecule has 0 bridgehead atoms. The highest BCUT2D eigenvalue weighted by Gasteiger charge is 2.36. The molecular formula is C16H20O5. The second-order valence-corrected chi connectivity index (χ2v) is 5.27. The van der Waals surface area contributed by atoms with Gasteiger partial charge in [0, 0.05) is 11.5 Å². The van der Waals surface area contributed by atoms with Crippen LogP contribution in [0.5, 0.6) is 11.5 Å². The van der Waals surface area contributed by atoms with Gasteiger partial charge in [-0.1, -0.05) is 12.8 Å². The van der Waals surface area contributed by atoms with Gasteiger partial charge in [-0.05, 0) is 31.0 Å². The molecule has 2 atom stereocenters. The van der Waals surface area contributed by atoms with Crippen LogP contribution in [-0.2, 0) is 4.79 Å². The van der Waals surface area contributed by atoms with Crippen molar-refractivity contribution in [2.45, 2.75) is 25.7 Å². The Bertz CT molecular complexity index is 537. The first kappa shape index (κ1) is 15.4. The summed E-state index contributed by atoms with van der Waals surface area (Å²) in [5.41, 5.74) is 0.478. The van der Waals surface area contributed by atoms with E-state index < -0.39 is 17.8 Å². The maximum absolute atomic E-state index is 12.6. The van der Waals surface area contributed by atoms with Gasteiger partial charge in [0.05, 0.1) is 20.1 Å². The summed E-state index contributed by atoms with van der Waals surface area (Å²) in [6.45, 7) is 0. The zero-order chi connectivity index (χ0) is 15.4. The summed E-state index contributed by atoms with van der Waals surface area (Å²) in [6.07, 6.45) is 2.96. The van der Waals surface area contributed by atoms with E-state index in [1.54, 1.807) is 18.2 Å². The average molecular weight is 292 g/mol. The molecule has 0 radical (unpaired) electrons. The van der Waals surface area contributed by atoms with Crippen molar-refractivity contribution in [3.8, 4) is 11.5 Å². The van der Waals surface area contributed by atoms with Gasteiger partial charge in [0.2, 0.25) is 0 Å². The molecule has 2 rings (SSSR count). The molecule has 0 saturated heterocycles. The van der Waals surface area contributed by atoms with Gasteiger partial charge in [-0.2, -0.15) is 0 Å². The predicted octanol–water partition coefficient (Wildman–Crippen LogP) is 2.78. The number of Topliss-reactive ketones (excluding diaryl/α,β-unsaturated/α-hetero) is 1. The number of carbonyl (C=O) groups excluding carboxylic acids is 1. The van der Waals surface area contributed by atoms with Gasteiger partial charge in [-0.15, -0.1) is 0 Å². The number of hydrogen-bond donors (Lipinski definition) is 1. The van der Waals surface area contributed by atoms with Crippen LogP contribution in [0.15, 0.2) is 18.2 Å². The van der Waals surface area contributed by atoms with Crippen LogP contribution in [-0.4, -0.2) is 31.1 Å². The van der Waals surface area contributed by atoms with E-state index in [-0.39, 0.29) is 5.78 Å². The number of methoxy groups -OCH3 is 2. The standard InChI is InChI=1S/C16H20O5/c1-20-13-8-7-10(9-14(13)21-2)15(17)11-5-3-4-6-12(11)16(18)19/h7-9,11-12H,3-6H2,1-2H3,(H,18,19)/t11-,12+/m0/s1. The molecule has 0 heterocycles. The van der Waals surface area contributed by atoms with E-state index in [0.29, 0.717) is 29.9 Å². The van der Waals surface area contributed by atoms with E-state index in [1.165, 1.54) is 14.2 Å². The van der Waals surface area contributed by atoms with E-state index in [2.05, 4.69) is 0 Å². The van der Waals surface area contributed by atoms with Crippen molar-refractivity contribution in [1.82, 2.24) is 0 Å². The fraction of sp³-hybridized carbons (Fsp3) is 0.500. The predicted molar refractivity (Wildman–Crippen MR) is 77.0 cm³/mol. The summed E-state index contributed by atoms with van der Waals surface area (Å²) in [6, 6.07) is 4.95. The van der Waals surface area contributed by atoms with Gasteiger partial charge in [0.1, 0.15) is 0 Å². The number of carbonyl (C=O) groups is 2. The fourth-order valence-corrected chi connectivity index (χ4v) is 2.94. The molecule has 114 valence electrons. The maximum Gasteiger partial charge on any atom is 0.307 e. The Labute approximate surface area is 123 Å². The fourth-order valence-electron chi connectivity index (χ4n) is 2.94. The third-order valence-corrected chi connectivity index (χ3v) is 4.09. The van der Waals surface area contributed by atoms with Crippen molar-refractivity contribution in [1.29, 1.82) is 0 Å². The molecule has 1 aromatic rings. The number of carboxylic acids is 1. The van der Waals surface area contributed by atoms with Crippen LogP contribution in [0.4, 0.5) is 0 Å². The van der Waals surface area contributed by atoms with Crippen LogP contribution in [0.1, 0.15) is 36.0 Å². The highest BCUT2D eigenvalue weighted by atomic mass is 16.5. The minimum Gasteiger partial charge on any atom is -0.493 e. The number of hydrogen-bond acceptors (Lipinski definition) is 4. The van der Waals surface area contributed by atoms with Gasteiger partial charge in [0.15, 0.2) is 17.3 Å². The van der Waals surface area contributed by atoms with Crippen LogP contribution in [0, 0.1) is 11.8 Å². The average Bonchev–Trinajstić information content (AvgIpc) is 2.53. The molecule has 21 heavy (non-hydrogen) atoms.